The van der Waals surface area contributed by atoms with Crippen LogP contribution in [0.1, 0.15) is 25.7 Å². The van der Waals surface area contributed by atoms with Crippen LogP contribution < -0.4 is 4.74 Å². The molecule has 0 saturated carbocycles. The van der Waals surface area contributed by atoms with Crippen molar-refractivity contribution in [1.29, 1.82) is 0 Å². The second-order valence-corrected chi connectivity index (χ2v) is 5.94. The fourth-order valence-corrected chi connectivity index (χ4v) is 2.59. The zero-order valence-corrected chi connectivity index (χ0v) is 13.0. The van der Waals surface area contributed by atoms with Gasteiger partial charge in [0.1, 0.15) is 0 Å². The maximum atomic E-state index is 13.4. The van der Waals surface area contributed by atoms with Gasteiger partial charge in [0, 0.05) is 19.5 Å². The molecule has 1 amide bonds. The standard InChI is InChI=1S/C16H19F4NO3/c17-12-3-1-2-4-13(12)24-11-14(22)21-9-7-15(23,8-10-21)5-6-16(18,19)20/h1-4,23H,5-11H2. The number of ether oxygens (including phenoxy) is 1. The van der Waals surface area contributed by atoms with E-state index in [9.17, 15) is 27.5 Å². The zero-order chi connectivity index (χ0) is 17.8. The van der Waals surface area contributed by atoms with Crippen LogP contribution in [0.5, 0.6) is 5.75 Å². The number of hydrogen-bond donors (Lipinski definition) is 1. The number of piperidine rings is 1. The van der Waals surface area contributed by atoms with Gasteiger partial charge >= 0.3 is 6.18 Å². The summed E-state index contributed by atoms with van der Waals surface area (Å²) in [5.41, 5.74) is -1.40. The predicted molar refractivity (Wildman–Crippen MR) is 77.9 cm³/mol. The Bertz CT molecular complexity index is 569. The first kappa shape index (κ1) is 18.5. The second kappa shape index (κ2) is 7.38. The number of para-hydroxylation sites is 1. The monoisotopic (exact) mass is 349 g/mol. The number of aliphatic hydroxyl groups is 1. The maximum Gasteiger partial charge on any atom is 0.389 e. The molecule has 1 aliphatic rings. The van der Waals surface area contributed by atoms with E-state index in [-0.39, 0.29) is 44.7 Å². The Morgan fingerprint density at radius 2 is 1.88 bits per heavy atom. The van der Waals surface area contributed by atoms with Crippen molar-refractivity contribution < 1.29 is 32.2 Å². The minimum absolute atomic E-state index is 0.0375. The third kappa shape index (κ3) is 5.36. The SMILES string of the molecule is O=C(COc1ccccc1F)N1CCC(O)(CCC(F)(F)F)CC1. The summed E-state index contributed by atoms with van der Waals surface area (Å²) in [4.78, 5) is 13.4. The summed E-state index contributed by atoms with van der Waals surface area (Å²) in [6.45, 7) is -0.0659. The van der Waals surface area contributed by atoms with Gasteiger partial charge in [0.05, 0.1) is 5.60 Å². The Kier molecular flexibility index (Phi) is 5.69. The molecule has 1 aromatic carbocycles. The summed E-state index contributed by atoms with van der Waals surface area (Å²) in [6, 6.07) is 5.68. The zero-order valence-electron chi connectivity index (χ0n) is 13.0. The van der Waals surface area contributed by atoms with Gasteiger partial charge in [-0.05, 0) is 31.4 Å². The average molecular weight is 349 g/mol. The smallest absolute Gasteiger partial charge is 0.389 e. The number of hydrogen-bond acceptors (Lipinski definition) is 3. The summed E-state index contributed by atoms with van der Waals surface area (Å²) in [5.74, 6) is -1.01. The Hall–Kier alpha value is -1.83. The molecule has 1 aliphatic heterocycles. The summed E-state index contributed by atoms with van der Waals surface area (Å²) in [6.07, 6.45) is -5.57. The molecular weight excluding hydrogens is 330 g/mol. The lowest BCUT2D eigenvalue weighted by atomic mass is 9.87. The fourth-order valence-electron chi connectivity index (χ4n) is 2.59. The molecule has 0 bridgehead atoms. The number of amides is 1. The number of likely N-dealkylation sites (tertiary alicyclic amines) is 1. The number of nitrogens with zero attached hydrogens (tertiary/aromatic N) is 1. The molecule has 1 fully saturated rings. The molecule has 0 atom stereocenters. The number of carbonyl (C=O) groups excluding carboxylic acids is 1. The largest absolute Gasteiger partial charge is 0.481 e. The highest BCUT2D eigenvalue weighted by Crippen LogP contribution is 2.32. The van der Waals surface area contributed by atoms with E-state index < -0.39 is 29.9 Å². The van der Waals surface area contributed by atoms with E-state index >= 15 is 0 Å². The highest BCUT2D eigenvalue weighted by Gasteiger charge is 2.38. The first-order valence-electron chi connectivity index (χ1n) is 7.63. The van der Waals surface area contributed by atoms with E-state index in [0.717, 1.165) is 0 Å². The van der Waals surface area contributed by atoms with Gasteiger partial charge in [0.2, 0.25) is 0 Å². The van der Waals surface area contributed by atoms with Crippen LogP contribution in [-0.2, 0) is 4.79 Å². The highest BCUT2D eigenvalue weighted by molar-refractivity contribution is 5.77. The van der Waals surface area contributed by atoms with Gasteiger partial charge in [-0.25, -0.2) is 4.39 Å². The number of carbonyl (C=O) groups is 1. The molecule has 1 N–H and O–H groups in total. The topological polar surface area (TPSA) is 49.8 Å². The van der Waals surface area contributed by atoms with Crippen LogP contribution in [0.2, 0.25) is 0 Å². The van der Waals surface area contributed by atoms with Crippen molar-refractivity contribution in [2.24, 2.45) is 0 Å². The quantitative estimate of drug-likeness (QED) is 0.832. The molecule has 0 radical (unpaired) electrons. The van der Waals surface area contributed by atoms with Crippen molar-refractivity contribution in [3.8, 4) is 5.75 Å². The first-order chi connectivity index (χ1) is 11.2. The summed E-state index contributed by atoms with van der Waals surface area (Å²) >= 11 is 0. The fraction of sp³-hybridized carbons (Fsp3) is 0.562. The van der Waals surface area contributed by atoms with E-state index in [0.29, 0.717) is 0 Å². The number of alkyl halides is 3. The van der Waals surface area contributed by atoms with Crippen molar-refractivity contribution in [1.82, 2.24) is 4.90 Å². The molecule has 24 heavy (non-hydrogen) atoms. The Balaban J connectivity index is 1.79. The highest BCUT2D eigenvalue weighted by atomic mass is 19.4. The third-order valence-corrected chi connectivity index (χ3v) is 4.11. The van der Waals surface area contributed by atoms with Crippen molar-refractivity contribution in [3.05, 3.63) is 30.1 Å². The normalized spacial score (nSPS) is 17.6. The lowest BCUT2D eigenvalue weighted by Crippen LogP contribution is -2.48. The van der Waals surface area contributed by atoms with Gasteiger partial charge in [-0.1, -0.05) is 12.1 Å². The molecule has 0 aromatic heterocycles. The maximum absolute atomic E-state index is 13.4. The minimum atomic E-state index is -4.31. The molecule has 1 heterocycles. The van der Waals surface area contributed by atoms with Gasteiger partial charge in [-0.15, -0.1) is 0 Å². The molecule has 0 aliphatic carbocycles. The van der Waals surface area contributed by atoms with Crippen LogP contribution in [0.4, 0.5) is 17.6 Å². The first-order valence-corrected chi connectivity index (χ1v) is 7.63. The number of rotatable bonds is 5. The van der Waals surface area contributed by atoms with Gasteiger partial charge in [-0.2, -0.15) is 13.2 Å². The molecular formula is C16H19F4NO3. The molecule has 0 spiro atoms. The molecule has 1 saturated heterocycles. The average Bonchev–Trinajstić information content (AvgIpc) is 2.52. The molecule has 1 aromatic rings. The van der Waals surface area contributed by atoms with Gasteiger partial charge in [0.15, 0.2) is 18.2 Å². The van der Waals surface area contributed by atoms with Crippen LogP contribution >= 0.6 is 0 Å². The van der Waals surface area contributed by atoms with Crippen molar-refractivity contribution in [2.75, 3.05) is 19.7 Å². The minimum Gasteiger partial charge on any atom is -0.481 e. The van der Waals surface area contributed by atoms with E-state index in [1.807, 2.05) is 0 Å². The number of benzene rings is 1. The van der Waals surface area contributed by atoms with E-state index in [1.165, 1.54) is 23.1 Å². The van der Waals surface area contributed by atoms with Crippen LogP contribution in [0.15, 0.2) is 24.3 Å². The lowest BCUT2D eigenvalue weighted by molar-refractivity contribution is -0.154. The van der Waals surface area contributed by atoms with E-state index in [2.05, 4.69) is 0 Å². The van der Waals surface area contributed by atoms with Gasteiger partial charge in [-0.3, -0.25) is 4.79 Å². The van der Waals surface area contributed by atoms with Gasteiger partial charge < -0.3 is 14.7 Å². The van der Waals surface area contributed by atoms with Crippen molar-refractivity contribution in [2.45, 2.75) is 37.5 Å². The number of halogens is 4. The Labute approximate surface area is 137 Å². The van der Waals surface area contributed by atoms with Crippen LogP contribution in [0.25, 0.3) is 0 Å². The summed E-state index contributed by atoms with van der Waals surface area (Å²) < 4.78 is 55.3. The van der Waals surface area contributed by atoms with Crippen LogP contribution in [0.3, 0.4) is 0 Å². The molecule has 0 unspecified atom stereocenters. The predicted octanol–water partition coefficient (Wildman–Crippen LogP) is 2.90. The van der Waals surface area contributed by atoms with Crippen LogP contribution in [-0.4, -0.2) is 47.4 Å². The molecule has 4 nitrogen and oxygen atoms in total. The van der Waals surface area contributed by atoms with Crippen molar-refractivity contribution in [3.63, 3.8) is 0 Å². The summed E-state index contributed by atoms with van der Waals surface area (Å²) in [7, 11) is 0. The summed E-state index contributed by atoms with van der Waals surface area (Å²) in [5, 5.41) is 10.2. The third-order valence-electron chi connectivity index (χ3n) is 4.11. The molecule has 2 rings (SSSR count). The van der Waals surface area contributed by atoms with Gasteiger partial charge in [0.25, 0.3) is 5.91 Å². The lowest BCUT2D eigenvalue weighted by Gasteiger charge is -2.38. The van der Waals surface area contributed by atoms with E-state index in [4.69, 9.17) is 4.74 Å². The van der Waals surface area contributed by atoms with Crippen molar-refractivity contribution >= 4 is 5.91 Å². The van der Waals surface area contributed by atoms with E-state index in [1.54, 1.807) is 6.07 Å². The second-order valence-electron chi connectivity index (χ2n) is 5.94. The van der Waals surface area contributed by atoms with Crippen LogP contribution in [0, 0.1) is 5.82 Å². The molecule has 134 valence electrons. The Morgan fingerprint density at radius 3 is 2.46 bits per heavy atom. The molecule has 8 heteroatoms. The Morgan fingerprint density at radius 1 is 1.25 bits per heavy atom.